The monoisotopic (exact) mass is 321 g/mol. The summed E-state index contributed by atoms with van der Waals surface area (Å²) in [7, 11) is -3.25. The van der Waals surface area contributed by atoms with E-state index in [1.54, 1.807) is 0 Å². The number of aromatic nitrogens is 1. The summed E-state index contributed by atoms with van der Waals surface area (Å²) in [6.45, 7) is 4.21. The second-order valence-electron chi connectivity index (χ2n) is 4.45. The van der Waals surface area contributed by atoms with Crippen molar-refractivity contribution in [3.8, 4) is 0 Å². The molecule has 0 radical (unpaired) electrons. The standard InChI is InChI=1S/C10H19N5O3S2/c1-6(2)14-10-15-8(11)7(19-10)9(16)12-4-5-13-20(3,17)18/h6,13H,4-5,11H2,1-3H3,(H,12,16)(H,14,15). The zero-order valence-corrected chi connectivity index (χ0v) is 13.2. The van der Waals surface area contributed by atoms with Crippen molar-refractivity contribution in [2.45, 2.75) is 19.9 Å². The van der Waals surface area contributed by atoms with Crippen LogP contribution in [0.3, 0.4) is 0 Å². The first-order valence-electron chi connectivity index (χ1n) is 5.94. The Balaban J connectivity index is 2.53. The molecule has 0 unspecified atom stereocenters. The third-order valence-electron chi connectivity index (χ3n) is 2.05. The van der Waals surface area contributed by atoms with E-state index in [1.807, 2.05) is 13.8 Å². The van der Waals surface area contributed by atoms with Gasteiger partial charge in [0.25, 0.3) is 5.91 Å². The molecule has 0 bridgehead atoms. The van der Waals surface area contributed by atoms with Crippen LogP contribution in [0.4, 0.5) is 10.9 Å². The Morgan fingerprint density at radius 1 is 1.40 bits per heavy atom. The van der Waals surface area contributed by atoms with Gasteiger partial charge in [0.05, 0.1) is 6.26 Å². The maximum Gasteiger partial charge on any atom is 0.265 e. The van der Waals surface area contributed by atoms with Gasteiger partial charge in [0.15, 0.2) is 5.13 Å². The van der Waals surface area contributed by atoms with E-state index in [9.17, 15) is 13.2 Å². The van der Waals surface area contributed by atoms with E-state index < -0.39 is 10.0 Å². The van der Waals surface area contributed by atoms with Gasteiger partial charge in [-0.15, -0.1) is 0 Å². The number of thiazole rings is 1. The Morgan fingerprint density at radius 3 is 2.60 bits per heavy atom. The number of nitrogens with two attached hydrogens (primary N) is 1. The van der Waals surface area contributed by atoms with E-state index in [-0.39, 0.29) is 30.9 Å². The fraction of sp³-hybridized carbons (Fsp3) is 0.600. The first kappa shape index (κ1) is 16.7. The van der Waals surface area contributed by atoms with Crippen LogP contribution in [0.25, 0.3) is 0 Å². The molecule has 5 N–H and O–H groups in total. The van der Waals surface area contributed by atoms with Gasteiger partial charge >= 0.3 is 0 Å². The Labute approximate surface area is 122 Å². The molecule has 0 saturated carbocycles. The van der Waals surface area contributed by atoms with Crippen LogP contribution in [-0.4, -0.2) is 44.7 Å². The molecule has 0 saturated heterocycles. The first-order chi connectivity index (χ1) is 9.19. The first-order valence-corrected chi connectivity index (χ1v) is 8.65. The van der Waals surface area contributed by atoms with E-state index >= 15 is 0 Å². The van der Waals surface area contributed by atoms with Crippen molar-refractivity contribution < 1.29 is 13.2 Å². The molecule has 10 heteroatoms. The lowest BCUT2D eigenvalue weighted by Crippen LogP contribution is -2.34. The molecule has 0 aromatic carbocycles. The number of nitrogens with zero attached hydrogens (tertiary/aromatic N) is 1. The third-order valence-corrected chi connectivity index (χ3v) is 3.78. The van der Waals surface area contributed by atoms with E-state index in [0.29, 0.717) is 10.0 Å². The smallest absolute Gasteiger partial charge is 0.265 e. The topological polar surface area (TPSA) is 126 Å². The molecule has 1 aromatic rings. The zero-order valence-electron chi connectivity index (χ0n) is 11.6. The van der Waals surface area contributed by atoms with Crippen LogP contribution in [0.2, 0.25) is 0 Å². The molecule has 0 aliphatic rings. The lowest BCUT2D eigenvalue weighted by Gasteiger charge is -2.05. The summed E-state index contributed by atoms with van der Waals surface area (Å²) in [5.41, 5.74) is 5.68. The van der Waals surface area contributed by atoms with Crippen molar-refractivity contribution in [1.82, 2.24) is 15.0 Å². The SMILES string of the molecule is CC(C)Nc1nc(N)c(C(=O)NCCNS(C)(=O)=O)s1. The summed E-state index contributed by atoms with van der Waals surface area (Å²) in [5, 5.41) is 6.22. The normalized spacial score (nSPS) is 11.6. The highest BCUT2D eigenvalue weighted by molar-refractivity contribution is 7.88. The van der Waals surface area contributed by atoms with Gasteiger partial charge < -0.3 is 16.4 Å². The molecular formula is C10H19N5O3S2. The molecule has 0 spiro atoms. The van der Waals surface area contributed by atoms with Crippen LogP contribution < -0.4 is 21.1 Å². The van der Waals surface area contributed by atoms with E-state index in [2.05, 4.69) is 20.3 Å². The minimum absolute atomic E-state index is 0.125. The predicted octanol–water partition coefficient (Wildman–Crippen LogP) is -0.175. The molecule has 114 valence electrons. The number of sulfonamides is 1. The van der Waals surface area contributed by atoms with Crippen molar-refractivity contribution in [1.29, 1.82) is 0 Å². The van der Waals surface area contributed by atoms with Crippen molar-refractivity contribution in [2.75, 3.05) is 30.4 Å². The fourth-order valence-corrected chi connectivity index (χ4v) is 2.72. The second kappa shape index (κ2) is 6.86. The second-order valence-corrected chi connectivity index (χ2v) is 7.29. The van der Waals surface area contributed by atoms with E-state index in [0.717, 1.165) is 17.6 Å². The summed E-state index contributed by atoms with van der Waals surface area (Å²) in [6.07, 6.45) is 1.06. The van der Waals surface area contributed by atoms with Crippen LogP contribution in [0, 0.1) is 0 Å². The average Bonchev–Trinajstić information content (AvgIpc) is 2.63. The third kappa shape index (κ3) is 5.72. The average molecular weight is 321 g/mol. The molecule has 0 atom stereocenters. The summed E-state index contributed by atoms with van der Waals surface area (Å²) in [5.74, 6) is -0.209. The number of rotatable bonds is 7. The fourth-order valence-electron chi connectivity index (χ4n) is 1.30. The molecule has 20 heavy (non-hydrogen) atoms. The molecule has 1 rings (SSSR count). The molecule has 1 aromatic heterocycles. The predicted molar refractivity (Wildman–Crippen MR) is 80.5 cm³/mol. The summed E-state index contributed by atoms with van der Waals surface area (Å²) >= 11 is 1.16. The molecule has 1 amide bonds. The molecular weight excluding hydrogens is 302 g/mol. The molecule has 0 fully saturated rings. The Hall–Kier alpha value is -1.39. The quantitative estimate of drug-likeness (QED) is 0.516. The Kier molecular flexibility index (Phi) is 5.72. The lowest BCUT2D eigenvalue weighted by molar-refractivity contribution is 0.0959. The number of hydrogen-bond acceptors (Lipinski definition) is 7. The van der Waals surface area contributed by atoms with E-state index in [4.69, 9.17) is 5.73 Å². The minimum atomic E-state index is -3.25. The summed E-state index contributed by atoms with van der Waals surface area (Å²) in [6, 6.07) is 0.190. The van der Waals surface area contributed by atoms with Crippen LogP contribution >= 0.6 is 11.3 Å². The molecule has 1 heterocycles. The van der Waals surface area contributed by atoms with Crippen LogP contribution in [0.5, 0.6) is 0 Å². The van der Waals surface area contributed by atoms with Gasteiger partial charge in [-0.1, -0.05) is 11.3 Å². The van der Waals surface area contributed by atoms with Gasteiger partial charge in [0.2, 0.25) is 10.0 Å². The summed E-state index contributed by atoms with van der Waals surface area (Å²) < 4.78 is 24.0. The Bertz CT molecular complexity index is 567. The van der Waals surface area contributed by atoms with Gasteiger partial charge in [-0.2, -0.15) is 0 Å². The maximum atomic E-state index is 11.9. The van der Waals surface area contributed by atoms with Gasteiger partial charge in [-0.3, -0.25) is 4.79 Å². The molecule has 0 aliphatic carbocycles. The number of carbonyl (C=O) groups excluding carboxylic acids is 1. The largest absolute Gasteiger partial charge is 0.382 e. The highest BCUT2D eigenvalue weighted by atomic mass is 32.2. The van der Waals surface area contributed by atoms with Crippen LogP contribution in [0.15, 0.2) is 0 Å². The Morgan fingerprint density at radius 2 is 2.05 bits per heavy atom. The highest BCUT2D eigenvalue weighted by Gasteiger charge is 2.16. The number of carbonyl (C=O) groups is 1. The molecule has 8 nitrogen and oxygen atoms in total. The van der Waals surface area contributed by atoms with Gasteiger partial charge in [0, 0.05) is 19.1 Å². The lowest BCUT2D eigenvalue weighted by atomic mass is 10.4. The van der Waals surface area contributed by atoms with Crippen molar-refractivity contribution >= 4 is 38.2 Å². The van der Waals surface area contributed by atoms with Gasteiger partial charge in [-0.25, -0.2) is 18.1 Å². The molecule has 0 aliphatic heterocycles. The number of anilines is 2. The van der Waals surface area contributed by atoms with E-state index in [1.165, 1.54) is 0 Å². The van der Waals surface area contributed by atoms with Crippen molar-refractivity contribution in [3.63, 3.8) is 0 Å². The van der Waals surface area contributed by atoms with Crippen LogP contribution in [-0.2, 0) is 10.0 Å². The maximum absolute atomic E-state index is 11.9. The number of nitrogen functional groups attached to an aromatic ring is 1. The van der Waals surface area contributed by atoms with Gasteiger partial charge in [-0.05, 0) is 13.8 Å². The zero-order chi connectivity index (χ0) is 15.3. The summed E-state index contributed by atoms with van der Waals surface area (Å²) in [4.78, 5) is 16.2. The van der Waals surface area contributed by atoms with Gasteiger partial charge in [0.1, 0.15) is 10.7 Å². The van der Waals surface area contributed by atoms with Crippen molar-refractivity contribution in [3.05, 3.63) is 4.88 Å². The number of amides is 1. The number of hydrogen-bond donors (Lipinski definition) is 4. The minimum Gasteiger partial charge on any atom is -0.382 e. The van der Waals surface area contributed by atoms with Crippen molar-refractivity contribution in [2.24, 2.45) is 0 Å². The highest BCUT2D eigenvalue weighted by Crippen LogP contribution is 2.25. The van der Waals surface area contributed by atoms with Crippen LogP contribution in [0.1, 0.15) is 23.5 Å². The number of nitrogens with one attached hydrogen (secondary N) is 3.